The Morgan fingerprint density at radius 1 is 1.36 bits per heavy atom. The first-order valence-electron chi connectivity index (χ1n) is 7.20. The summed E-state index contributed by atoms with van der Waals surface area (Å²) in [6.45, 7) is 2.80. The van der Waals surface area contributed by atoms with Gasteiger partial charge in [-0.3, -0.25) is 9.59 Å². The minimum absolute atomic E-state index is 0.0640. The Morgan fingerprint density at radius 2 is 2.14 bits per heavy atom. The van der Waals surface area contributed by atoms with E-state index in [2.05, 4.69) is 0 Å². The van der Waals surface area contributed by atoms with E-state index in [0.29, 0.717) is 37.4 Å². The van der Waals surface area contributed by atoms with Gasteiger partial charge in [-0.25, -0.2) is 0 Å². The number of amides is 1. The molecule has 1 aromatic rings. The lowest BCUT2D eigenvalue weighted by molar-refractivity contribution is -0.127. The molecule has 1 aliphatic heterocycles. The van der Waals surface area contributed by atoms with E-state index in [4.69, 9.17) is 9.47 Å². The Kier molecular flexibility index (Phi) is 5.71. The van der Waals surface area contributed by atoms with E-state index in [1.165, 1.54) is 11.8 Å². The molecule has 2 rings (SSSR count). The number of thioether (sulfide) groups is 1. The third-order valence-corrected chi connectivity index (χ3v) is 4.63. The fourth-order valence-corrected chi connectivity index (χ4v) is 3.62. The molecule has 0 spiro atoms. The molecular formula is C16H21NO4S. The smallest absolute Gasteiger partial charge is 0.223 e. The van der Waals surface area contributed by atoms with Gasteiger partial charge < -0.3 is 14.4 Å². The maximum Gasteiger partial charge on any atom is 0.223 e. The average Bonchev–Trinajstić information content (AvgIpc) is 2.83. The van der Waals surface area contributed by atoms with Gasteiger partial charge in [-0.15, -0.1) is 0 Å². The standard InChI is InChI=1S/C16H21NO4S/c1-11(18)22-13-9-15(19)17(10-13)8-7-12-5-4-6-14(20-2)16(12)21-3/h4-6,13H,7-10H2,1-3H3. The van der Waals surface area contributed by atoms with Crippen molar-refractivity contribution >= 4 is 22.8 Å². The van der Waals surface area contributed by atoms with Gasteiger partial charge in [-0.05, 0) is 18.1 Å². The molecular weight excluding hydrogens is 302 g/mol. The molecule has 0 aliphatic carbocycles. The second-order valence-electron chi connectivity index (χ2n) is 5.18. The van der Waals surface area contributed by atoms with E-state index < -0.39 is 0 Å². The number of benzene rings is 1. The van der Waals surface area contributed by atoms with Crippen LogP contribution in [0.1, 0.15) is 18.9 Å². The largest absolute Gasteiger partial charge is 0.493 e. The van der Waals surface area contributed by atoms with Crippen LogP contribution in [0.3, 0.4) is 0 Å². The van der Waals surface area contributed by atoms with Gasteiger partial charge in [0.25, 0.3) is 0 Å². The summed E-state index contributed by atoms with van der Waals surface area (Å²) in [5, 5.41) is 0.145. The summed E-state index contributed by atoms with van der Waals surface area (Å²) in [5.74, 6) is 1.52. The molecule has 120 valence electrons. The number of para-hydroxylation sites is 1. The summed E-state index contributed by atoms with van der Waals surface area (Å²) in [5.41, 5.74) is 1.01. The Morgan fingerprint density at radius 3 is 2.77 bits per heavy atom. The highest BCUT2D eigenvalue weighted by molar-refractivity contribution is 8.14. The van der Waals surface area contributed by atoms with E-state index >= 15 is 0 Å². The Bertz CT molecular complexity index is 561. The first-order valence-corrected chi connectivity index (χ1v) is 8.08. The summed E-state index contributed by atoms with van der Waals surface area (Å²) in [6, 6.07) is 5.74. The minimum atomic E-state index is 0.0640. The number of likely N-dealkylation sites (tertiary alicyclic amines) is 1. The van der Waals surface area contributed by atoms with Gasteiger partial charge >= 0.3 is 0 Å². The Hall–Kier alpha value is -1.69. The third-order valence-electron chi connectivity index (χ3n) is 3.65. The highest BCUT2D eigenvalue weighted by atomic mass is 32.2. The van der Waals surface area contributed by atoms with E-state index in [0.717, 1.165) is 5.56 Å². The van der Waals surface area contributed by atoms with Crippen molar-refractivity contribution in [3.63, 3.8) is 0 Å². The van der Waals surface area contributed by atoms with E-state index in [-0.39, 0.29) is 16.3 Å². The zero-order valence-electron chi connectivity index (χ0n) is 13.1. The van der Waals surface area contributed by atoms with Crippen LogP contribution in [-0.2, 0) is 16.0 Å². The Balaban J connectivity index is 1.99. The van der Waals surface area contributed by atoms with Crippen molar-refractivity contribution < 1.29 is 19.1 Å². The second kappa shape index (κ2) is 7.54. The van der Waals surface area contributed by atoms with Crippen LogP contribution in [0.15, 0.2) is 18.2 Å². The number of nitrogens with zero attached hydrogens (tertiary/aromatic N) is 1. The first-order chi connectivity index (χ1) is 10.5. The number of hydrogen-bond donors (Lipinski definition) is 0. The predicted molar refractivity (Wildman–Crippen MR) is 86.5 cm³/mol. The number of rotatable bonds is 6. The average molecular weight is 323 g/mol. The zero-order valence-corrected chi connectivity index (χ0v) is 13.9. The van der Waals surface area contributed by atoms with Gasteiger partial charge in [-0.2, -0.15) is 0 Å². The topological polar surface area (TPSA) is 55.8 Å². The molecule has 1 heterocycles. The lowest BCUT2D eigenvalue weighted by Crippen LogP contribution is -2.28. The van der Waals surface area contributed by atoms with Crippen molar-refractivity contribution in [3.8, 4) is 11.5 Å². The molecule has 0 saturated carbocycles. The maximum atomic E-state index is 12.0. The van der Waals surface area contributed by atoms with Gasteiger partial charge in [0, 0.05) is 31.7 Å². The van der Waals surface area contributed by atoms with E-state index in [9.17, 15) is 9.59 Å². The van der Waals surface area contributed by atoms with Crippen LogP contribution in [0.5, 0.6) is 11.5 Å². The van der Waals surface area contributed by atoms with Crippen molar-refractivity contribution in [1.82, 2.24) is 4.90 Å². The SMILES string of the molecule is COc1cccc(CCN2CC(SC(C)=O)CC2=O)c1OC. The zero-order chi connectivity index (χ0) is 16.1. The van der Waals surface area contributed by atoms with Crippen molar-refractivity contribution in [3.05, 3.63) is 23.8 Å². The molecule has 1 saturated heterocycles. The van der Waals surface area contributed by atoms with Crippen LogP contribution < -0.4 is 9.47 Å². The summed E-state index contributed by atoms with van der Waals surface area (Å²) >= 11 is 1.26. The van der Waals surface area contributed by atoms with Crippen LogP contribution in [0.4, 0.5) is 0 Å². The predicted octanol–water partition coefficient (Wildman–Crippen LogP) is 2.13. The molecule has 1 aromatic carbocycles. The second-order valence-corrected chi connectivity index (χ2v) is 6.66. The fraction of sp³-hybridized carbons (Fsp3) is 0.500. The van der Waals surface area contributed by atoms with Crippen LogP contribution >= 0.6 is 11.8 Å². The molecule has 22 heavy (non-hydrogen) atoms. The van der Waals surface area contributed by atoms with Gasteiger partial charge in [0.2, 0.25) is 5.91 Å². The Labute approximate surface area is 135 Å². The molecule has 0 N–H and O–H groups in total. The summed E-state index contributed by atoms with van der Waals surface area (Å²) < 4.78 is 10.7. The normalized spacial score (nSPS) is 17.7. The van der Waals surface area contributed by atoms with Gasteiger partial charge in [0.1, 0.15) is 0 Å². The maximum absolute atomic E-state index is 12.0. The van der Waals surface area contributed by atoms with Crippen LogP contribution in [0, 0.1) is 0 Å². The van der Waals surface area contributed by atoms with Gasteiger partial charge in [0.15, 0.2) is 16.6 Å². The number of carbonyl (C=O) groups is 2. The van der Waals surface area contributed by atoms with Gasteiger partial charge in [-0.1, -0.05) is 23.9 Å². The highest BCUT2D eigenvalue weighted by Crippen LogP contribution is 2.31. The molecule has 1 atom stereocenters. The van der Waals surface area contributed by atoms with Crippen molar-refractivity contribution in [2.45, 2.75) is 25.0 Å². The summed E-state index contributed by atoms with van der Waals surface area (Å²) in [4.78, 5) is 25.0. The number of carbonyl (C=O) groups excluding carboxylic acids is 2. The fourth-order valence-electron chi connectivity index (χ4n) is 2.67. The molecule has 0 aromatic heterocycles. The number of ether oxygens (including phenoxy) is 2. The molecule has 1 unspecified atom stereocenters. The minimum Gasteiger partial charge on any atom is -0.493 e. The van der Waals surface area contributed by atoms with Crippen molar-refractivity contribution in [2.24, 2.45) is 0 Å². The monoisotopic (exact) mass is 323 g/mol. The molecule has 1 amide bonds. The van der Waals surface area contributed by atoms with Gasteiger partial charge in [0.05, 0.1) is 14.2 Å². The van der Waals surface area contributed by atoms with Crippen molar-refractivity contribution in [1.29, 1.82) is 0 Å². The molecule has 1 aliphatic rings. The van der Waals surface area contributed by atoms with Crippen LogP contribution in [0.25, 0.3) is 0 Å². The molecule has 0 bridgehead atoms. The molecule has 6 heteroatoms. The number of hydrogen-bond acceptors (Lipinski definition) is 5. The van der Waals surface area contributed by atoms with E-state index in [1.54, 1.807) is 21.1 Å². The van der Waals surface area contributed by atoms with Crippen LogP contribution in [0.2, 0.25) is 0 Å². The van der Waals surface area contributed by atoms with Crippen LogP contribution in [-0.4, -0.2) is 48.5 Å². The lowest BCUT2D eigenvalue weighted by Gasteiger charge is -2.18. The highest BCUT2D eigenvalue weighted by Gasteiger charge is 2.30. The molecule has 5 nitrogen and oxygen atoms in total. The summed E-state index contributed by atoms with van der Waals surface area (Å²) in [7, 11) is 3.22. The molecule has 1 fully saturated rings. The third kappa shape index (κ3) is 3.94. The first kappa shape index (κ1) is 16.7. The summed E-state index contributed by atoms with van der Waals surface area (Å²) in [6.07, 6.45) is 1.14. The lowest BCUT2D eigenvalue weighted by atomic mass is 10.1. The number of methoxy groups -OCH3 is 2. The van der Waals surface area contributed by atoms with Crippen molar-refractivity contribution in [2.75, 3.05) is 27.3 Å². The molecule has 0 radical (unpaired) electrons. The van der Waals surface area contributed by atoms with E-state index in [1.807, 2.05) is 23.1 Å². The quantitative estimate of drug-likeness (QED) is 0.803.